The lowest BCUT2D eigenvalue weighted by Crippen LogP contribution is -2.46. The number of ether oxygens (including phenoxy) is 2. The van der Waals surface area contributed by atoms with Gasteiger partial charge in [-0.15, -0.1) is 0 Å². The fourth-order valence-electron chi connectivity index (χ4n) is 2.47. The van der Waals surface area contributed by atoms with Crippen LogP contribution in [0.5, 0.6) is 0 Å². The molecule has 96 valence electrons. The van der Waals surface area contributed by atoms with E-state index in [1.807, 2.05) is 7.05 Å². The molecule has 0 aromatic carbocycles. The predicted molar refractivity (Wildman–Crippen MR) is 65.8 cm³/mol. The van der Waals surface area contributed by atoms with Gasteiger partial charge in [0.1, 0.15) is 0 Å². The molecular weight excluding hydrogens is 204 g/mol. The zero-order chi connectivity index (χ0) is 11.9. The molecule has 0 aliphatic carbocycles. The highest BCUT2D eigenvalue weighted by Gasteiger charge is 2.32. The summed E-state index contributed by atoms with van der Waals surface area (Å²) in [7, 11) is 5.96. The molecule has 1 rings (SSSR count). The van der Waals surface area contributed by atoms with Crippen LogP contribution in [0.15, 0.2) is 0 Å². The first-order valence-corrected chi connectivity index (χ1v) is 6.12. The Morgan fingerprint density at radius 2 is 2.06 bits per heavy atom. The third-order valence-corrected chi connectivity index (χ3v) is 3.39. The summed E-state index contributed by atoms with van der Waals surface area (Å²) >= 11 is 0. The Bertz CT molecular complexity index is 176. The van der Waals surface area contributed by atoms with Crippen molar-refractivity contribution in [3.8, 4) is 0 Å². The smallest absolute Gasteiger partial charge is 0.0589 e. The summed E-state index contributed by atoms with van der Waals surface area (Å²) in [6.45, 7) is 5.82. The van der Waals surface area contributed by atoms with Crippen molar-refractivity contribution >= 4 is 0 Å². The van der Waals surface area contributed by atoms with Crippen LogP contribution in [-0.4, -0.2) is 65.6 Å². The zero-order valence-corrected chi connectivity index (χ0v) is 10.9. The Balaban J connectivity index is 2.42. The zero-order valence-electron chi connectivity index (χ0n) is 10.9. The highest BCUT2D eigenvalue weighted by Crippen LogP contribution is 2.30. The second-order valence-electron chi connectivity index (χ2n) is 4.87. The van der Waals surface area contributed by atoms with Gasteiger partial charge in [-0.3, -0.25) is 0 Å². The molecule has 16 heavy (non-hydrogen) atoms. The van der Waals surface area contributed by atoms with E-state index in [-0.39, 0.29) is 0 Å². The highest BCUT2D eigenvalue weighted by atomic mass is 16.5. The van der Waals surface area contributed by atoms with Crippen LogP contribution in [0.1, 0.15) is 12.8 Å². The lowest BCUT2D eigenvalue weighted by Gasteiger charge is -2.40. The summed E-state index contributed by atoms with van der Waals surface area (Å²) < 4.78 is 10.6. The molecule has 1 saturated heterocycles. The molecule has 1 N–H and O–H groups in total. The van der Waals surface area contributed by atoms with Crippen molar-refractivity contribution in [3.63, 3.8) is 0 Å². The molecule has 0 unspecified atom stereocenters. The number of hydrogen-bond acceptors (Lipinski definition) is 4. The van der Waals surface area contributed by atoms with Gasteiger partial charge in [0.05, 0.1) is 6.61 Å². The number of methoxy groups -OCH3 is 1. The minimum absolute atomic E-state index is 0.384. The normalized spacial score (nSPS) is 20.2. The van der Waals surface area contributed by atoms with E-state index in [0.29, 0.717) is 5.41 Å². The van der Waals surface area contributed by atoms with E-state index in [9.17, 15) is 0 Å². The van der Waals surface area contributed by atoms with E-state index in [1.165, 1.54) is 0 Å². The van der Waals surface area contributed by atoms with Gasteiger partial charge < -0.3 is 19.7 Å². The van der Waals surface area contributed by atoms with Gasteiger partial charge in [-0.05, 0) is 32.4 Å². The van der Waals surface area contributed by atoms with Crippen molar-refractivity contribution in [2.75, 3.05) is 60.7 Å². The second kappa shape index (κ2) is 7.22. The fraction of sp³-hybridized carbons (Fsp3) is 1.00. The van der Waals surface area contributed by atoms with E-state index in [1.54, 1.807) is 7.11 Å². The molecule has 0 aromatic rings. The van der Waals surface area contributed by atoms with Crippen LogP contribution in [0.4, 0.5) is 0 Å². The van der Waals surface area contributed by atoms with Crippen molar-refractivity contribution in [2.24, 2.45) is 5.41 Å². The average Bonchev–Trinajstić information content (AvgIpc) is 2.28. The van der Waals surface area contributed by atoms with Crippen LogP contribution in [0, 0.1) is 5.41 Å². The van der Waals surface area contributed by atoms with E-state index in [2.05, 4.69) is 17.3 Å². The van der Waals surface area contributed by atoms with Gasteiger partial charge in [0.25, 0.3) is 0 Å². The van der Waals surface area contributed by atoms with Gasteiger partial charge in [-0.2, -0.15) is 0 Å². The Morgan fingerprint density at radius 3 is 2.62 bits per heavy atom. The van der Waals surface area contributed by atoms with Crippen LogP contribution >= 0.6 is 0 Å². The van der Waals surface area contributed by atoms with Crippen molar-refractivity contribution < 1.29 is 9.47 Å². The summed E-state index contributed by atoms with van der Waals surface area (Å²) in [4.78, 5) is 2.37. The minimum atomic E-state index is 0.384. The molecule has 0 aromatic heterocycles. The van der Waals surface area contributed by atoms with Crippen molar-refractivity contribution in [3.05, 3.63) is 0 Å². The third kappa shape index (κ3) is 4.37. The Labute approximate surface area is 99.3 Å². The molecule has 0 bridgehead atoms. The van der Waals surface area contributed by atoms with Crippen LogP contribution in [-0.2, 0) is 9.47 Å². The van der Waals surface area contributed by atoms with Crippen molar-refractivity contribution in [1.82, 2.24) is 10.2 Å². The molecule has 1 aliphatic rings. The van der Waals surface area contributed by atoms with Crippen LogP contribution < -0.4 is 5.32 Å². The van der Waals surface area contributed by atoms with Crippen LogP contribution in [0.3, 0.4) is 0 Å². The maximum atomic E-state index is 5.46. The molecule has 0 atom stereocenters. The van der Waals surface area contributed by atoms with Crippen LogP contribution in [0.25, 0.3) is 0 Å². The summed E-state index contributed by atoms with van der Waals surface area (Å²) in [5.41, 5.74) is 0.384. The lowest BCUT2D eigenvalue weighted by molar-refractivity contribution is -0.00233. The molecule has 1 heterocycles. The van der Waals surface area contributed by atoms with Gasteiger partial charge in [0.15, 0.2) is 0 Å². The summed E-state index contributed by atoms with van der Waals surface area (Å²) in [6.07, 6.45) is 2.32. The molecule has 4 nitrogen and oxygen atoms in total. The quantitative estimate of drug-likeness (QED) is 0.694. The maximum absolute atomic E-state index is 5.46. The summed E-state index contributed by atoms with van der Waals surface area (Å²) in [5, 5.41) is 3.33. The van der Waals surface area contributed by atoms with E-state index in [4.69, 9.17) is 9.47 Å². The van der Waals surface area contributed by atoms with E-state index in [0.717, 1.165) is 52.3 Å². The van der Waals surface area contributed by atoms with Gasteiger partial charge in [0, 0.05) is 40.0 Å². The van der Waals surface area contributed by atoms with Crippen LogP contribution in [0.2, 0.25) is 0 Å². The maximum Gasteiger partial charge on any atom is 0.0589 e. The molecule has 0 saturated carbocycles. The van der Waals surface area contributed by atoms with Gasteiger partial charge in [0.2, 0.25) is 0 Å². The molecule has 0 spiro atoms. The number of nitrogens with zero attached hydrogens (tertiary/aromatic N) is 1. The van der Waals surface area contributed by atoms with Crippen molar-refractivity contribution in [1.29, 1.82) is 0 Å². The highest BCUT2D eigenvalue weighted by molar-refractivity contribution is 4.86. The van der Waals surface area contributed by atoms with E-state index < -0.39 is 0 Å². The predicted octanol–water partition coefficient (Wildman–Crippen LogP) is 0.581. The lowest BCUT2D eigenvalue weighted by atomic mass is 9.79. The summed E-state index contributed by atoms with van der Waals surface area (Å²) in [6, 6.07) is 0. The number of nitrogens with one attached hydrogen (secondary N) is 1. The standard InChI is InChI=1S/C12H26N2O2/c1-13-10-12(4-7-16-8-5-12)11-14(2)6-9-15-3/h13H,4-11H2,1-3H3. The molecular formula is C12H26N2O2. The Hall–Kier alpha value is -0.160. The molecule has 0 radical (unpaired) electrons. The number of hydrogen-bond donors (Lipinski definition) is 1. The largest absolute Gasteiger partial charge is 0.383 e. The first-order valence-electron chi connectivity index (χ1n) is 6.12. The number of likely N-dealkylation sites (N-methyl/N-ethyl adjacent to an activating group) is 1. The fourth-order valence-corrected chi connectivity index (χ4v) is 2.47. The minimum Gasteiger partial charge on any atom is -0.383 e. The topological polar surface area (TPSA) is 33.7 Å². The SMILES string of the molecule is CNCC1(CN(C)CCOC)CCOCC1. The molecule has 1 fully saturated rings. The van der Waals surface area contributed by atoms with E-state index >= 15 is 0 Å². The number of rotatable bonds is 7. The first-order chi connectivity index (χ1) is 7.72. The molecule has 4 heteroatoms. The van der Waals surface area contributed by atoms with Gasteiger partial charge >= 0.3 is 0 Å². The second-order valence-corrected chi connectivity index (χ2v) is 4.87. The Morgan fingerprint density at radius 1 is 1.38 bits per heavy atom. The molecule has 0 amide bonds. The Kier molecular flexibility index (Phi) is 6.28. The average molecular weight is 230 g/mol. The first kappa shape index (κ1) is 13.9. The molecule has 1 aliphatic heterocycles. The summed E-state index contributed by atoms with van der Waals surface area (Å²) in [5.74, 6) is 0. The van der Waals surface area contributed by atoms with Gasteiger partial charge in [-0.25, -0.2) is 0 Å². The van der Waals surface area contributed by atoms with Gasteiger partial charge in [-0.1, -0.05) is 0 Å². The monoisotopic (exact) mass is 230 g/mol. The third-order valence-electron chi connectivity index (χ3n) is 3.39. The van der Waals surface area contributed by atoms with Crippen molar-refractivity contribution in [2.45, 2.75) is 12.8 Å².